The van der Waals surface area contributed by atoms with Gasteiger partial charge < -0.3 is 10.6 Å². The largest absolute Gasteiger partial charge is 0.370 e. The van der Waals surface area contributed by atoms with E-state index in [-0.39, 0.29) is 10.6 Å². The summed E-state index contributed by atoms with van der Waals surface area (Å²) in [5, 5.41) is 16.1. The molecule has 1 atom stereocenters. The molecule has 1 aliphatic rings. The number of hydrogen-bond donors (Lipinski definition) is 4. The summed E-state index contributed by atoms with van der Waals surface area (Å²) in [4.78, 5) is 15.2. The number of nitrogens with two attached hydrogens (primary N) is 1. The Labute approximate surface area is 162 Å². The molecule has 0 amide bonds. The number of nitrogens with one attached hydrogen (secondary N) is 2. The molecule has 0 radical (unpaired) electrons. The van der Waals surface area contributed by atoms with Crippen LogP contribution >= 0.6 is 11.6 Å². The molecule has 0 aromatic heterocycles. The SMILES string of the molecule is Cc1c(Cl)cccc1C1=CC(NCCc2cccc([N+](=O)O)c2)=NC(N)N1. The molecule has 1 aliphatic heterocycles. The highest BCUT2D eigenvalue weighted by atomic mass is 35.5. The lowest BCUT2D eigenvalue weighted by Gasteiger charge is -2.23. The first-order valence-corrected chi connectivity index (χ1v) is 8.88. The highest BCUT2D eigenvalue weighted by Crippen LogP contribution is 2.24. The Morgan fingerprint density at radius 2 is 2.11 bits per heavy atom. The minimum absolute atomic E-state index is 0.144. The number of nitrogens with zero attached hydrogens (tertiary/aromatic N) is 2. The number of amidine groups is 1. The third-order valence-electron chi connectivity index (χ3n) is 4.27. The summed E-state index contributed by atoms with van der Waals surface area (Å²) in [7, 11) is 0. The number of halogens is 1. The predicted octanol–water partition coefficient (Wildman–Crippen LogP) is 2.87. The first-order valence-electron chi connectivity index (χ1n) is 8.50. The van der Waals surface area contributed by atoms with Crippen LogP contribution in [0.15, 0.2) is 53.5 Å². The standard InChI is InChI=1S/C19H21ClN5O2/c1-12-15(6-3-7-16(12)20)17-11-18(24-19(21)23-17)22-9-8-13-4-2-5-14(10-13)25(26)27/h2-7,10-11,19,23H,8-9,21H2,1H3,(H,22,24)(H,26,27)/q+1. The second-order valence-corrected chi connectivity index (χ2v) is 6.60. The third kappa shape index (κ3) is 4.64. The van der Waals surface area contributed by atoms with Crippen molar-refractivity contribution in [1.82, 2.24) is 10.6 Å². The van der Waals surface area contributed by atoms with Crippen LogP contribution in [-0.2, 0) is 6.42 Å². The smallest absolute Gasteiger partial charge is 0.316 e. The lowest BCUT2D eigenvalue weighted by molar-refractivity contribution is -0.729. The second-order valence-electron chi connectivity index (χ2n) is 6.19. The number of aliphatic imine (C=N–C) groups is 1. The third-order valence-corrected chi connectivity index (χ3v) is 4.68. The molecule has 3 rings (SSSR count). The molecule has 2 aromatic carbocycles. The molecule has 7 nitrogen and oxygen atoms in total. The minimum atomic E-state index is -0.558. The van der Waals surface area contributed by atoms with Gasteiger partial charge in [-0.1, -0.05) is 35.9 Å². The first kappa shape index (κ1) is 18.9. The fraction of sp³-hybridized carbons (Fsp3) is 0.211. The van der Waals surface area contributed by atoms with Crippen LogP contribution in [0, 0.1) is 11.8 Å². The molecule has 1 unspecified atom stereocenters. The molecular formula is C19H21ClN5O2+. The molecule has 0 fully saturated rings. The fourth-order valence-electron chi connectivity index (χ4n) is 2.87. The van der Waals surface area contributed by atoms with E-state index >= 15 is 0 Å². The topological polar surface area (TPSA) is 103 Å². The molecule has 0 aliphatic carbocycles. The van der Waals surface area contributed by atoms with Gasteiger partial charge >= 0.3 is 5.69 Å². The minimum Gasteiger partial charge on any atom is -0.370 e. The maximum atomic E-state index is 11.0. The van der Waals surface area contributed by atoms with Gasteiger partial charge in [0, 0.05) is 41.0 Å². The molecule has 8 heteroatoms. The van der Waals surface area contributed by atoms with Crippen LogP contribution in [0.5, 0.6) is 0 Å². The average molecular weight is 387 g/mol. The van der Waals surface area contributed by atoms with Crippen molar-refractivity contribution in [2.24, 2.45) is 10.7 Å². The monoisotopic (exact) mass is 386 g/mol. The number of hydrogen-bond acceptors (Lipinski definition) is 5. The van der Waals surface area contributed by atoms with Crippen molar-refractivity contribution in [1.29, 1.82) is 0 Å². The van der Waals surface area contributed by atoms with Crippen LogP contribution in [0.25, 0.3) is 5.70 Å². The summed E-state index contributed by atoms with van der Waals surface area (Å²) >= 11 is 6.22. The quantitative estimate of drug-likeness (QED) is 0.592. The van der Waals surface area contributed by atoms with Crippen molar-refractivity contribution in [2.75, 3.05) is 6.54 Å². The van der Waals surface area contributed by atoms with Gasteiger partial charge in [-0.2, -0.15) is 0 Å². The lowest BCUT2D eigenvalue weighted by atomic mass is 10.0. The van der Waals surface area contributed by atoms with Crippen molar-refractivity contribution < 1.29 is 10.1 Å². The van der Waals surface area contributed by atoms with Gasteiger partial charge in [-0.25, -0.2) is 10.2 Å². The zero-order valence-electron chi connectivity index (χ0n) is 14.8. The number of rotatable bonds is 5. The van der Waals surface area contributed by atoms with E-state index in [1.165, 1.54) is 0 Å². The number of benzene rings is 2. The molecule has 0 spiro atoms. The Kier molecular flexibility index (Phi) is 5.73. The molecule has 5 N–H and O–H groups in total. The van der Waals surface area contributed by atoms with E-state index in [1.54, 1.807) is 18.2 Å². The molecule has 0 saturated heterocycles. The Balaban J connectivity index is 1.69. The Morgan fingerprint density at radius 3 is 2.89 bits per heavy atom. The van der Waals surface area contributed by atoms with E-state index in [1.807, 2.05) is 37.3 Å². The normalized spacial score (nSPS) is 16.2. The molecule has 0 saturated carbocycles. The maximum Gasteiger partial charge on any atom is 0.316 e. The van der Waals surface area contributed by atoms with Crippen molar-refractivity contribution in [3.8, 4) is 0 Å². The van der Waals surface area contributed by atoms with Gasteiger partial charge in [0.25, 0.3) is 4.92 Å². The van der Waals surface area contributed by atoms with Gasteiger partial charge in [-0.3, -0.25) is 5.73 Å². The molecule has 2 aromatic rings. The predicted molar refractivity (Wildman–Crippen MR) is 106 cm³/mol. The summed E-state index contributed by atoms with van der Waals surface area (Å²) in [5.41, 5.74) is 9.91. The van der Waals surface area contributed by atoms with Gasteiger partial charge in [0.05, 0.1) is 4.91 Å². The van der Waals surface area contributed by atoms with E-state index in [2.05, 4.69) is 15.6 Å². The summed E-state index contributed by atoms with van der Waals surface area (Å²) in [6.07, 6.45) is 1.99. The van der Waals surface area contributed by atoms with Gasteiger partial charge in [0.15, 0.2) is 6.29 Å². The second kappa shape index (κ2) is 8.20. The van der Waals surface area contributed by atoms with Crippen LogP contribution in [0.3, 0.4) is 0 Å². The van der Waals surface area contributed by atoms with Gasteiger partial charge in [-0.15, -0.1) is 0 Å². The Hall–Kier alpha value is -2.90. The summed E-state index contributed by atoms with van der Waals surface area (Å²) < 4.78 is 0. The Morgan fingerprint density at radius 1 is 1.33 bits per heavy atom. The zero-order valence-corrected chi connectivity index (χ0v) is 15.6. The van der Waals surface area contributed by atoms with E-state index < -0.39 is 6.29 Å². The summed E-state index contributed by atoms with van der Waals surface area (Å²) in [5.74, 6) is 0.666. The summed E-state index contributed by atoms with van der Waals surface area (Å²) in [6, 6.07) is 12.5. The van der Waals surface area contributed by atoms with Crippen molar-refractivity contribution >= 4 is 28.8 Å². The first-order chi connectivity index (χ1) is 12.9. The van der Waals surface area contributed by atoms with E-state index in [0.29, 0.717) is 23.8 Å². The van der Waals surface area contributed by atoms with Crippen LogP contribution < -0.4 is 16.4 Å². The van der Waals surface area contributed by atoms with Crippen molar-refractivity contribution in [2.45, 2.75) is 19.6 Å². The fourth-order valence-corrected chi connectivity index (χ4v) is 3.05. The van der Waals surface area contributed by atoms with E-state index in [4.69, 9.17) is 22.5 Å². The zero-order chi connectivity index (χ0) is 19.4. The molecular weight excluding hydrogens is 366 g/mol. The van der Waals surface area contributed by atoms with Crippen molar-refractivity contribution in [3.63, 3.8) is 0 Å². The molecule has 1 heterocycles. The Bertz CT molecular complexity index is 926. The van der Waals surface area contributed by atoms with Gasteiger partial charge in [0.2, 0.25) is 0 Å². The molecule has 140 valence electrons. The van der Waals surface area contributed by atoms with Gasteiger partial charge in [-0.05, 0) is 30.5 Å². The highest BCUT2D eigenvalue weighted by Gasteiger charge is 2.16. The average Bonchev–Trinajstić information content (AvgIpc) is 2.64. The van der Waals surface area contributed by atoms with Crippen LogP contribution in [-0.4, -0.2) is 28.8 Å². The van der Waals surface area contributed by atoms with Crippen LogP contribution in [0.4, 0.5) is 5.69 Å². The van der Waals surface area contributed by atoms with Gasteiger partial charge in [0.1, 0.15) is 5.84 Å². The van der Waals surface area contributed by atoms with Crippen molar-refractivity contribution in [3.05, 3.63) is 75.2 Å². The summed E-state index contributed by atoms with van der Waals surface area (Å²) in [6.45, 7) is 2.55. The molecule has 27 heavy (non-hydrogen) atoms. The maximum absolute atomic E-state index is 11.0. The van der Waals surface area contributed by atoms with Crippen LogP contribution in [0.2, 0.25) is 5.02 Å². The molecule has 0 bridgehead atoms. The lowest BCUT2D eigenvalue weighted by Crippen LogP contribution is -2.41. The highest BCUT2D eigenvalue weighted by molar-refractivity contribution is 6.31. The van der Waals surface area contributed by atoms with E-state index in [0.717, 1.165) is 22.4 Å². The van der Waals surface area contributed by atoms with Crippen LogP contribution in [0.1, 0.15) is 16.7 Å². The van der Waals surface area contributed by atoms with E-state index in [9.17, 15) is 4.91 Å².